The number of rotatable bonds is 6. The molecule has 0 saturated carbocycles. The van der Waals surface area contributed by atoms with Gasteiger partial charge in [0.1, 0.15) is 17.4 Å². The molecular formula is C12H12ClF3O5. The molecule has 1 rings (SSSR count). The Kier molecular flexibility index (Phi) is 5.82. The van der Waals surface area contributed by atoms with E-state index in [0.29, 0.717) is 0 Å². The van der Waals surface area contributed by atoms with Crippen LogP contribution >= 0.6 is 11.6 Å². The minimum absolute atomic E-state index is 0.0128. The summed E-state index contributed by atoms with van der Waals surface area (Å²) in [4.78, 5) is 10.8. The van der Waals surface area contributed by atoms with E-state index in [1.807, 2.05) is 0 Å². The molecule has 2 unspecified atom stereocenters. The van der Waals surface area contributed by atoms with Crippen LogP contribution in [-0.4, -0.2) is 39.6 Å². The zero-order valence-corrected chi connectivity index (χ0v) is 11.2. The number of carbonyl (C=O) groups is 1. The van der Waals surface area contributed by atoms with Crippen molar-refractivity contribution in [2.45, 2.75) is 25.0 Å². The van der Waals surface area contributed by atoms with Gasteiger partial charge in [-0.25, -0.2) is 4.79 Å². The maximum Gasteiger partial charge on any atom is 0.573 e. The molecule has 9 heteroatoms. The first kappa shape index (κ1) is 17.5. The Balaban J connectivity index is 3.14. The highest BCUT2D eigenvalue weighted by Crippen LogP contribution is 2.30. The van der Waals surface area contributed by atoms with E-state index < -0.39 is 35.9 Å². The topological polar surface area (TPSA) is 87.0 Å². The third-order valence-corrected chi connectivity index (χ3v) is 2.79. The summed E-state index contributed by atoms with van der Waals surface area (Å²) in [5.74, 6) is -2.54. The van der Waals surface area contributed by atoms with Crippen molar-refractivity contribution in [2.24, 2.45) is 0 Å². The first-order valence-electron chi connectivity index (χ1n) is 5.70. The molecular weight excluding hydrogens is 317 g/mol. The summed E-state index contributed by atoms with van der Waals surface area (Å²) < 4.78 is 40.4. The SMILES string of the molecule is O=C(O)c1ccc(C(O)C(O)CCCl)cc1OC(F)(F)F. The van der Waals surface area contributed by atoms with Crippen molar-refractivity contribution < 1.29 is 38.0 Å². The fourth-order valence-corrected chi connectivity index (χ4v) is 1.82. The van der Waals surface area contributed by atoms with Crippen LogP contribution in [0.3, 0.4) is 0 Å². The fourth-order valence-electron chi connectivity index (χ4n) is 1.60. The number of carboxylic acid groups (broad SMARTS) is 1. The van der Waals surface area contributed by atoms with Gasteiger partial charge in [-0.2, -0.15) is 0 Å². The second kappa shape index (κ2) is 6.97. The molecule has 0 spiro atoms. The van der Waals surface area contributed by atoms with Crippen molar-refractivity contribution in [1.82, 2.24) is 0 Å². The molecule has 3 N–H and O–H groups in total. The molecule has 21 heavy (non-hydrogen) atoms. The average molecular weight is 329 g/mol. The van der Waals surface area contributed by atoms with Gasteiger partial charge in [-0.05, 0) is 24.1 Å². The summed E-state index contributed by atoms with van der Waals surface area (Å²) in [6.07, 6.45) is -7.87. The number of halogens is 4. The molecule has 0 amide bonds. The van der Waals surface area contributed by atoms with Gasteiger partial charge in [0.15, 0.2) is 0 Å². The van der Waals surface area contributed by atoms with Crippen molar-refractivity contribution in [1.29, 1.82) is 0 Å². The molecule has 1 aromatic rings. The number of alkyl halides is 4. The highest BCUT2D eigenvalue weighted by molar-refractivity contribution is 6.17. The number of benzene rings is 1. The fraction of sp³-hybridized carbons (Fsp3) is 0.417. The molecule has 2 atom stereocenters. The van der Waals surface area contributed by atoms with Gasteiger partial charge >= 0.3 is 12.3 Å². The second-order valence-electron chi connectivity index (χ2n) is 4.10. The smallest absolute Gasteiger partial charge is 0.478 e. The third kappa shape index (κ3) is 5.07. The Morgan fingerprint density at radius 3 is 2.43 bits per heavy atom. The maximum atomic E-state index is 12.3. The summed E-state index contributed by atoms with van der Waals surface area (Å²) in [7, 11) is 0. The number of ether oxygens (including phenoxy) is 1. The summed E-state index contributed by atoms with van der Waals surface area (Å²) >= 11 is 5.39. The van der Waals surface area contributed by atoms with Gasteiger partial charge in [-0.1, -0.05) is 6.07 Å². The minimum Gasteiger partial charge on any atom is -0.478 e. The summed E-state index contributed by atoms with van der Waals surface area (Å²) in [6.45, 7) is 0. The van der Waals surface area contributed by atoms with E-state index in [1.54, 1.807) is 0 Å². The van der Waals surface area contributed by atoms with Gasteiger partial charge in [-0.3, -0.25) is 0 Å². The van der Waals surface area contributed by atoms with Crippen LogP contribution in [0.2, 0.25) is 0 Å². The molecule has 0 aromatic heterocycles. The molecule has 0 aliphatic heterocycles. The highest BCUT2D eigenvalue weighted by atomic mass is 35.5. The predicted octanol–water partition coefficient (Wildman–Crippen LogP) is 2.31. The first-order chi connectivity index (χ1) is 9.65. The largest absolute Gasteiger partial charge is 0.573 e. The van der Waals surface area contributed by atoms with E-state index >= 15 is 0 Å². The highest BCUT2D eigenvalue weighted by Gasteiger charge is 2.33. The standard InChI is InChI=1S/C12H12ClF3O5/c13-4-3-8(17)10(18)6-1-2-7(11(19)20)9(5-6)21-12(14,15)16/h1-2,5,8,10,17-18H,3-4H2,(H,19,20). The Labute approximate surface area is 122 Å². The van der Waals surface area contributed by atoms with Gasteiger partial charge in [0.2, 0.25) is 0 Å². The Bertz CT molecular complexity index is 506. The average Bonchev–Trinajstić information content (AvgIpc) is 2.35. The molecule has 0 aliphatic carbocycles. The molecule has 118 valence electrons. The normalized spacial score (nSPS) is 14.6. The zero-order chi connectivity index (χ0) is 16.2. The van der Waals surface area contributed by atoms with Crippen LogP contribution in [0, 0.1) is 0 Å². The molecule has 0 aliphatic rings. The zero-order valence-electron chi connectivity index (χ0n) is 10.5. The van der Waals surface area contributed by atoms with Crippen LogP contribution in [0.4, 0.5) is 13.2 Å². The number of aliphatic hydroxyl groups excluding tert-OH is 2. The van der Waals surface area contributed by atoms with Gasteiger partial charge in [-0.15, -0.1) is 24.8 Å². The maximum absolute atomic E-state index is 12.3. The van der Waals surface area contributed by atoms with Crippen LogP contribution in [0.15, 0.2) is 18.2 Å². The van der Waals surface area contributed by atoms with E-state index in [9.17, 15) is 28.2 Å². The molecule has 0 heterocycles. The van der Waals surface area contributed by atoms with E-state index in [2.05, 4.69) is 4.74 Å². The summed E-state index contributed by atoms with van der Waals surface area (Å²) in [5.41, 5.74) is -0.827. The first-order valence-corrected chi connectivity index (χ1v) is 6.24. The van der Waals surface area contributed by atoms with Crippen LogP contribution in [0.1, 0.15) is 28.4 Å². The Hall–Kier alpha value is -1.51. The van der Waals surface area contributed by atoms with Crippen molar-refractivity contribution in [2.75, 3.05) is 5.88 Å². The number of aliphatic hydroxyl groups is 2. The number of hydrogen-bond acceptors (Lipinski definition) is 4. The Morgan fingerprint density at radius 2 is 1.95 bits per heavy atom. The second-order valence-corrected chi connectivity index (χ2v) is 4.48. The lowest BCUT2D eigenvalue weighted by molar-refractivity contribution is -0.274. The lowest BCUT2D eigenvalue weighted by atomic mass is 10.0. The van der Waals surface area contributed by atoms with Crippen molar-refractivity contribution in [3.8, 4) is 5.75 Å². The van der Waals surface area contributed by atoms with E-state index in [4.69, 9.17) is 16.7 Å². The van der Waals surface area contributed by atoms with Crippen LogP contribution < -0.4 is 4.74 Å². The van der Waals surface area contributed by atoms with Crippen LogP contribution in [-0.2, 0) is 0 Å². The monoisotopic (exact) mass is 328 g/mol. The molecule has 0 bridgehead atoms. The van der Waals surface area contributed by atoms with E-state index in [1.165, 1.54) is 0 Å². The van der Waals surface area contributed by atoms with Crippen LogP contribution in [0.25, 0.3) is 0 Å². The minimum atomic E-state index is -5.08. The molecule has 0 fully saturated rings. The number of aromatic carboxylic acids is 1. The number of carboxylic acids is 1. The molecule has 0 radical (unpaired) electrons. The van der Waals surface area contributed by atoms with Gasteiger partial charge in [0, 0.05) is 5.88 Å². The number of hydrogen-bond donors (Lipinski definition) is 3. The molecule has 1 aromatic carbocycles. The third-order valence-electron chi connectivity index (χ3n) is 2.57. The molecule has 0 saturated heterocycles. The van der Waals surface area contributed by atoms with E-state index in [-0.39, 0.29) is 17.9 Å². The predicted molar refractivity (Wildman–Crippen MR) is 66.4 cm³/mol. The van der Waals surface area contributed by atoms with Crippen molar-refractivity contribution in [3.63, 3.8) is 0 Å². The van der Waals surface area contributed by atoms with Crippen molar-refractivity contribution >= 4 is 17.6 Å². The van der Waals surface area contributed by atoms with E-state index in [0.717, 1.165) is 18.2 Å². The van der Waals surface area contributed by atoms with Crippen LogP contribution in [0.5, 0.6) is 5.75 Å². The quantitative estimate of drug-likeness (QED) is 0.698. The van der Waals surface area contributed by atoms with Gasteiger partial charge in [0.25, 0.3) is 0 Å². The lowest BCUT2D eigenvalue weighted by Gasteiger charge is -2.19. The van der Waals surface area contributed by atoms with Gasteiger partial charge in [0.05, 0.1) is 6.10 Å². The van der Waals surface area contributed by atoms with Gasteiger partial charge < -0.3 is 20.1 Å². The lowest BCUT2D eigenvalue weighted by Crippen LogP contribution is -2.21. The Morgan fingerprint density at radius 1 is 1.33 bits per heavy atom. The summed E-state index contributed by atoms with van der Waals surface area (Å²) in [6, 6.07) is 2.67. The van der Waals surface area contributed by atoms with Crippen molar-refractivity contribution in [3.05, 3.63) is 29.3 Å². The molecule has 5 nitrogen and oxygen atoms in total. The summed E-state index contributed by atoms with van der Waals surface area (Å²) in [5, 5.41) is 28.1.